The SMILES string of the molecule is CC(C)(C)OC(=O)N1CCC(=CBr)C1. The average Bonchev–Trinajstić information content (AvgIpc) is 2.48. The summed E-state index contributed by atoms with van der Waals surface area (Å²) in [6.45, 7) is 7.07. The molecule has 80 valence electrons. The van der Waals surface area contributed by atoms with Crippen molar-refractivity contribution in [3.63, 3.8) is 0 Å². The molecule has 3 nitrogen and oxygen atoms in total. The van der Waals surface area contributed by atoms with Crippen LogP contribution >= 0.6 is 15.9 Å². The van der Waals surface area contributed by atoms with Crippen molar-refractivity contribution >= 4 is 22.0 Å². The summed E-state index contributed by atoms with van der Waals surface area (Å²) in [6, 6.07) is 0. The molecule has 0 aromatic heterocycles. The van der Waals surface area contributed by atoms with Crippen molar-refractivity contribution in [2.24, 2.45) is 0 Å². The maximum atomic E-state index is 11.6. The van der Waals surface area contributed by atoms with Gasteiger partial charge in [0.05, 0.1) is 0 Å². The third kappa shape index (κ3) is 3.33. The largest absolute Gasteiger partial charge is 0.444 e. The molecule has 0 unspecified atom stereocenters. The summed E-state index contributed by atoms with van der Waals surface area (Å²) >= 11 is 3.27. The highest BCUT2D eigenvalue weighted by Crippen LogP contribution is 2.19. The smallest absolute Gasteiger partial charge is 0.410 e. The lowest BCUT2D eigenvalue weighted by Crippen LogP contribution is -2.34. The second-order valence-electron chi connectivity index (χ2n) is 4.42. The molecule has 4 heteroatoms. The van der Waals surface area contributed by atoms with E-state index >= 15 is 0 Å². The molecule has 0 radical (unpaired) electrons. The zero-order chi connectivity index (χ0) is 10.8. The predicted octanol–water partition coefficient (Wildman–Crippen LogP) is 2.91. The Morgan fingerprint density at radius 3 is 2.64 bits per heavy atom. The summed E-state index contributed by atoms with van der Waals surface area (Å²) in [4.78, 5) is 15.2. The first kappa shape index (κ1) is 11.6. The van der Waals surface area contributed by atoms with Crippen molar-refractivity contribution in [2.45, 2.75) is 32.8 Å². The van der Waals surface area contributed by atoms with Gasteiger partial charge in [0.2, 0.25) is 0 Å². The van der Waals surface area contributed by atoms with E-state index in [2.05, 4.69) is 15.9 Å². The minimum absolute atomic E-state index is 0.221. The van der Waals surface area contributed by atoms with Gasteiger partial charge < -0.3 is 9.64 Å². The van der Waals surface area contributed by atoms with Crippen LogP contribution in [0, 0.1) is 0 Å². The molecule has 0 atom stereocenters. The number of amides is 1. The van der Waals surface area contributed by atoms with E-state index in [-0.39, 0.29) is 6.09 Å². The maximum absolute atomic E-state index is 11.6. The topological polar surface area (TPSA) is 29.5 Å². The van der Waals surface area contributed by atoms with E-state index in [9.17, 15) is 4.79 Å². The van der Waals surface area contributed by atoms with Crippen molar-refractivity contribution < 1.29 is 9.53 Å². The number of carbonyl (C=O) groups is 1. The quantitative estimate of drug-likeness (QED) is 0.671. The Balaban J connectivity index is 2.48. The fraction of sp³-hybridized carbons (Fsp3) is 0.700. The van der Waals surface area contributed by atoms with Crippen molar-refractivity contribution in [3.05, 3.63) is 10.6 Å². The van der Waals surface area contributed by atoms with Crippen molar-refractivity contribution in [2.75, 3.05) is 13.1 Å². The van der Waals surface area contributed by atoms with Crippen LogP contribution in [0.4, 0.5) is 4.79 Å². The van der Waals surface area contributed by atoms with Gasteiger partial charge in [0.25, 0.3) is 0 Å². The molecule has 14 heavy (non-hydrogen) atoms. The first-order valence-corrected chi connectivity index (χ1v) is 5.60. The Kier molecular flexibility index (Phi) is 3.59. The molecular weight excluding hydrogens is 246 g/mol. The van der Waals surface area contributed by atoms with Gasteiger partial charge in [-0.3, -0.25) is 0 Å². The lowest BCUT2D eigenvalue weighted by atomic mass is 10.2. The van der Waals surface area contributed by atoms with E-state index in [4.69, 9.17) is 4.74 Å². The molecule has 0 aromatic rings. The molecule has 0 spiro atoms. The highest BCUT2D eigenvalue weighted by Gasteiger charge is 2.26. The molecule has 1 fully saturated rings. The lowest BCUT2D eigenvalue weighted by Gasteiger charge is -2.23. The molecule has 1 aliphatic rings. The van der Waals surface area contributed by atoms with Crippen LogP contribution in [0.1, 0.15) is 27.2 Å². The van der Waals surface area contributed by atoms with Gasteiger partial charge in [-0.05, 0) is 37.8 Å². The van der Waals surface area contributed by atoms with Crippen LogP contribution in [-0.2, 0) is 4.74 Å². The fourth-order valence-electron chi connectivity index (χ4n) is 1.25. The molecule has 1 heterocycles. The minimum Gasteiger partial charge on any atom is -0.444 e. The van der Waals surface area contributed by atoms with E-state index in [1.165, 1.54) is 5.57 Å². The first-order valence-electron chi connectivity index (χ1n) is 4.68. The highest BCUT2D eigenvalue weighted by atomic mass is 79.9. The van der Waals surface area contributed by atoms with Crippen LogP contribution in [0.5, 0.6) is 0 Å². The molecule has 1 rings (SSSR count). The average molecular weight is 262 g/mol. The molecular formula is C10H16BrNO2. The highest BCUT2D eigenvalue weighted by molar-refractivity contribution is 9.11. The number of nitrogens with zero attached hydrogens (tertiary/aromatic N) is 1. The fourth-order valence-corrected chi connectivity index (χ4v) is 1.63. The Labute approximate surface area is 93.2 Å². The van der Waals surface area contributed by atoms with Gasteiger partial charge in [-0.1, -0.05) is 15.9 Å². The second kappa shape index (κ2) is 4.34. The summed E-state index contributed by atoms with van der Waals surface area (Å²) in [5.74, 6) is 0. The number of hydrogen-bond acceptors (Lipinski definition) is 2. The van der Waals surface area contributed by atoms with Gasteiger partial charge in [-0.15, -0.1) is 0 Å². The van der Waals surface area contributed by atoms with Crippen LogP contribution in [0.3, 0.4) is 0 Å². The molecule has 0 bridgehead atoms. The summed E-state index contributed by atoms with van der Waals surface area (Å²) < 4.78 is 5.26. The molecule has 1 amide bonds. The Hall–Kier alpha value is -0.510. The summed E-state index contributed by atoms with van der Waals surface area (Å²) in [6.07, 6.45) is 0.715. The zero-order valence-corrected chi connectivity index (χ0v) is 10.4. The molecule has 1 saturated heterocycles. The van der Waals surface area contributed by atoms with E-state index in [0.29, 0.717) is 6.54 Å². The summed E-state index contributed by atoms with van der Waals surface area (Å²) in [5, 5.41) is 0. The van der Waals surface area contributed by atoms with Gasteiger partial charge in [-0.25, -0.2) is 4.79 Å². The standard InChI is InChI=1S/C10H16BrNO2/c1-10(2,3)14-9(13)12-5-4-8(6-11)7-12/h6H,4-5,7H2,1-3H3. The number of likely N-dealkylation sites (tertiary alicyclic amines) is 1. The molecule has 0 aromatic carbocycles. The molecule has 0 N–H and O–H groups in total. The Morgan fingerprint density at radius 1 is 1.57 bits per heavy atom. The van der Waals surface area contributed by atoms with E-state index in [1.807, 2.05) is 25.8 Å². The number of rotatable bonds is 0. The summed E-state index contributed by atoms with van der Waals surface area (Å²) in [5.41, 5.74) is 0.827. The van der Waals surface area contributed by atoms with Gasteiger partial charge in [0.1, 0.15) is 5.60 Å². The van der Waals surface area contributed by atoms with Crippen LogP contribution < -0.4 is 0 Å². The summed E-state index contributed by atoms with van der Waals surface area (Å²) in [7, 11) is 0. The Morgan fingerprint density at radius 2 is 2.21 bits per heavy atom. The third-order valence-electron chi connectivity index (χ3n) is 1.90. The second-order valence-corrected chi connectivity index (χ2v) is 4.88. The van der Waals surface area contributed by atoms with Gasteiger partial charge in [0, 0.05) is 13.1 Å². The van der Waals surface area contributed by atoms with Gasteiger partial charge in [-0.2, -0.15) is 0 Å². The van der Waals surface area contributed by atoms with E-state index in [1.54, 1.807) is 4.90 Å². The normalized spacial score (nSPS) is 20.3. The lowest BCUT2D eigenvalue weighted by molar-refractivity contribution is 0.0299. The Bertz CT molecular complexity index is 255. The maximum Gasteiger partial charge on any atom is 0.410 e. The first-order chi connectivity index (χ1) is 6.42. The van der Waals surface area contributed by atoms with Crippen LogP contribution in [0.25, 0.3) is 0 Å². The number of halogens is 1. The van der Waals surface area contributed by atoms with Crippen molar-refractivity contribution in [1.29, 1.82) is 0 Å². The number of ether oxygens (including phenoxy) is 1. The minimum atomic E-state index is -0.405. The van der Waals surface area contributed by atoms with Crippen LogP contribution in [-0.4, -0.2) is 29.7 Å². The third-order valence-corrected chi connectivity index (χ3v) is 2.55. The zero-order valence-electron chi connectivity index (χ0n) is 8.84. The molecule has 1 aliphatic heterocycles. The van der Waals surface area contributed by atoms with Gasteiger partial charge in [0.15, 0.2) is 0 Å². The van der Waals surface area contributed by atoms with Crippen molar-refractivity contribution in [1.82, 2.24) is 4.90 Å². The van der Waals surface area contributed by atoms with E-state index in [0.717, 1.165) is 13.0 Å². The van der Waals surface area contributed by atoms with Crippen molar-refractivity contribution in [3.8, 4) is 0 Å². The number of hydrogen-bond donors (Lipinski definition) is 0. The molecule has 0 aliphatic carbocycles. The predicted molar refractivity (Wildman–Crippen MR) is 59.4 cm³/mol. The number of carbonyl (C=O) groups excluding carboxylic acids is 1. The van der Waals surface area contributed by atoms with Crippen LogP contribution in [0.15, 0.2) is 10.6 Å². The van der Waals surface area contributed by atoms with Crippen LogP contribution in [0.2, 0.25) is 0 Å². The molecule has 0 saturated carbocycles. The monoisotopic (exact) mass is 261 g/mol. The van der Waals surface area contributed by atoms with E-state index < -0.39 is 5.60 Å². The van der Waals surface area contributed by atoms with Gasteiger partial charge >= 0.3 is 6.09 Å².